The third-order valence-corrected chi connectivity index (χ3v) is 4.41. The standard InChI is InChI=1S/C13H22N2OS/c1-3-5-10(16)8-14-11-6-4-7-12-13(11)17-9(2)15-12/h10-11,14,16H,3-8H2,1-2H3. The van der Waals surface area contributed by atoms with E-state index in [1.807, 2.05) is 11.3 Å². The van der Waals surface area contributed by atoms with E-state index >= 15 is 0 Å². The van der Waals surface area contributed by atoms with Crippen LogP contribution in [0.4, 0.5) is 0 Å². The average Bonchev–Trinajstić information content (AvgIpc) is 2.67. The molecular weight excluding hydrogens is 232 g/mol. The molecule has 1 aromatic heterocycles. The summed E-state index contributed by atoms with van der Waals surface area (Å²) >= 11 is 1.81. The lowest BCUT2D eigenvalue weighted by Gasteiger charge is -2.23. The summed E-state index contributed by atoms with van der Waals surface area (Å²) in [6, 6.07) is 0.413. The van der Waals surface area contributed by atoms with Crippen molar-refractivity contribution in [2.24, 2.45) is 0 Å². The Bertz CT molecular complexity index is 364. The zero-order chi connectivity index (χ0) is 12.3. The van der Waals surface area contributed by atoms with Gasteiger partial charge in [0, 0.05) is 17.5 Å². The van der Waals surface area contributed by atoms with Crippen LogP contribution in [0.15, 0.2) is 0 Å². The second kappa shape index (κ2) is 5.94. The molecule has 2 N–H and O–H groups in total. The second-order valence-electron chi connectivity index (χ2n) is 4.84. The van der Waals surface area contributed by atoms with Crippen molar-refractivity contribution in [2.45, 2.75) is 58.1 Å². The van der Waals surface area contributed by atoms with Crippen LogP contribution in [0.5, 0.6) is 0 Å². The number of aromatic nitrogens is 1. The van der Waals surface area contributed by atoms with Gasteiger partial charge in [-0.1, -0.05) is 13.3 Å². The fraction of sp³-hybridized carbons (Fsp3) is 0.769. The van der Waals surface area contributed by atoms with Gasteiger partial charge in [-0.2, -0.15) is 0 Å². The molecule has 1 aliphatic rings. The number of nitrogens with zero attached hydrogens (tertiary/aromatic N) is 1. The van der Waals surface area contributed by atoms with Crippen LogP contribution in [0.25, 0.3) is 0 Å². The molecule has 1 aromatic rings. The minimum Gasteiger partial charge on any atom is -0.392 e. The summed E-state index contributed by atoms with van der Waals surface area (Å²) in [5.41, 5.74) is 1.28. The minimum atomic E-state index is -0.209. The van der Waals surface area contributed by atoms with Gasteiger partial charge in [0.05, 0.1) is 16.8 Å². The van der Waals surface area contributed by atoms with Gasteiger partial charge < -0.3 is 10.4 Å². The SMILES string of the molecule is CCCC(O)CNC1CCCc2nc(C)sc21. The lowest BCUT2D eigenvalue weighted by Crippen LogP contribution is -2.31. The van der Waals surface area contributed by atoms with E-state index < -0.39 is 0 Å². The lowest BCUT2D eigenvalue weighted by atomic mass is 9.98. The number of hydrogen-bond acceptors (Lipinski definition) is 4. The first-order valence-corrected chi connectivity index (χ1v) is 7.40. The Morgan fingerprint density at radius 3 is 3.18 bits per heavy atom. The third-order valence-electron chi connectivity index (χ3n) is 3.28. The normalized spacial score (nSPS) is 21.2. The van der Waals surface area contributed by atoms with E-state index in [4.69, 9.17) is 0 Å². The highest BCUT2D eigenvalue weighted by Gasteiger charge is 2.23. The largest absolute Gasteiger partial charge is 0.392 e. The third kappa shape index (κ3) is 3.27. The molecule has 0 fully saturated rings. The van der Waals surface area contributed by atoms with Crippen LogP contribution >= 0.6 is 11.3 Å². The molecule has 2 unspecified atom stereocenters. The highest BCUT2D eigenvalue weighted by Crippen LogP contribution is 2.33. The molecule has 3 nitrogen and oxygen atoms in total. The molecule has 17 heavy (non-hydrogen) atoms. The van der Waals surface area contributed by atoms with Crippen LogP contribution < -0.4 is 5.32 Å². The zero-order valence-electron chi connectivity index (χ0n) is 10.7. The predicted molar refractivity (Wildman–Crippen MR) is 71.4 cm³/mol. The van der Waals surface area contributed by atoms with Crippen molar-refractivity contribution < 1.29 is 5.11 Å². The monoisotopic (exact) mass is 254 g/mol. The average molecular weight is 254 g/mol. The van der Waals surface area contributed by atoms with E-state index in [0.717, 1.165) is 24.3 Å². The Hall–Kier alpha value is -0.450. The smallest absolute Gasteiger partial charge is 0.0900 e. The fourth-order valence-electron chi connectivity index (χ4n) is 2.45. The summed E-state index contributed by atoms with van der Waals surface area (Å²) in [7, 11) is 0. The molecule has 0 saturated carbocycles. The van der Waals surface area contributed by atoms with Gasteiger partial charge in [-0.05, 0) is 32.6 Å². The first-order valence-electron chi connectivity index (χ1n) is 6.58. The van der Waals surface area contributed by atoms with Crippen LogP contribution in [-0.2, 0) is 6.42 Å². The van der Waals surface area contributed by atoms with Crippen molar-refractivity contribution in [3.8, 4) is 0 Å². The summed E-state index contributed by atoms with van der Waals surface area (Å²) in [6.45, 7) is 4.88. The van der Waals surface area contributed by atoms with Crippen molar-refractivity contribution in [1.82, 2.24) is 10.3 Å². The van der Waals surface area contributed by atoms with E-state index in [1.165, 1.54) is 23.4 Å². The molecule has 96 valence electrons. The highest BCUT2D eigenvalue weighted by atomic mass is 32.1. The van der Waals surface area contributed by atoms with Crippen molar-refractivity contribution in [3.63, 3.8) is 0 Å². The summed E-state index contributed by atoms with van der Waals surface area (Å²) in [6.07, 6.45) is 5.21. The first-order chi connectivity index (χ1) is 8.20. The number of thiazole rings is 1. The molecule has 2 atom stereocenters. The van der Waals surface area contributed by atoms with Crippen LogP contribution in [0.3, 0.4) is 0 Å². The molecule has 0 radical (unpaired) electrons. The van der Waals surface area contributed by atoms with E-state index in [-0.39, 0.29) is 6.10 Å². The zero-order valence-corrected chi connectivity index (χ0v) is 11.5. The molecular formula is C13H22N2OS. The topological polar surface area (TPSA) is 45.1 Å². The van der Waals surface area contributed by atoms with Crippen LogP contribution in [0.2, 0.25) is 0 Å². The number of aliphatic hydroxyl groups is 1. The van der Waals surface area contributed by atoms with E-state index in [9.17, 15) is 5.11 Å². The molecule has 0 aromatic carbocycles. The van der Waals surface area contributed by atoms with E-state index in [1.54, 1.807) is 0 Å². The Kier molecular flexibility index (Phi) is 4.54. The Morgan fingerprint density at radius 2 is 2.41 bits per heavy atom. The van der Waals surface area contributed by atoms with Gasteiger partial charge in [-0.3, -0.25) is 0 Å². The molecule has 1 aliphatic carbocycles. The Morgan fingerprint density at radius 1 is 1.59 bits per heavy atom. The van der Waals surface area contributed by atoms with Gasteiger partial charge in [-0.15, -0.1) is 11.3 Å². The molecule has 0 aliphatic heterocycles. The molecule has 0 bridgehead atoms. The lowest BCUT2D eigenvalue weighted by molar-refractivity contribution is 0.155. The van der Waals surface area contributed by atoms with Gasteiger partial charge in [0.25, 0.3) is 0 Å². The maximum Gasteiger partial charge on any atom is 0.0900 e. The summed E-state index contributed by atoms with van der Waals surface area (Å²) in [5, 5.41) is 14.4. The van der Waals surface area contributed by atoms with E-state index in [0.29, 0.717) is 12.6 Å². The predicted octanol–water partition coefficient (Wildman–Crippen LogP) is 2.58. The van der Waals surface area contributed by atoms with Gasteiger partial charge >= 0.3 is 0 Å². The molecule has 0 saturated heterocycles. The van der Waals surface area contributed by atoms with E-state index in [2.05, 4.69) is 24.1 Å². The summed E-state index contributed by atoms with van der Waals surface area (Å²) in [5.74, 6) is 0. The van der Waals surface area contributed by atoms with Crippen LogP contribution in [0.1, 0.15) is 54.2 Å². The number of rotatable bonds is 5. The van der Waals surface area contributed by atoms with Crippen molar-refractivity contribution >= 4 is 11.3 Å². The van der Waals surface area contributed by atoms with Gasteiger partial charge in [0.2, 0.25) is 0 Å². The highest BCUT2D eigenvalue weighted by molar-refractivity contribution is 7.11. The number of aryl methyl sites for hydroxylation is 2. The van der Waals surface area contributed by atoms with Crippen molar-refractivity contribution in [3.05, 3.63) is 15.6 Å². The fourth-order valence-corrected chi connectivity index (χ4v) is 3.53. The number of hydrogen-bond donors (Lipinski definition) is 2. The molecule has 0 spiro atoms. The van der Waals surface area contributed by atoms with Crippen molar-refractivity contribution in [1.29, 1.82) is 0 Å². The number of aliphatic hydroxyl groups excluding tert-OH is 1. The quantitative estimate of drug-likeness (QED) is 0.849. The molecule has 1 heterocycles. The van der Waals surface area contributed by atoms with Gasteiger partial charge in [0.1, 0.15) is 0 Å². The first kappa shape index (κ1) is 13.0. The van der Waals surface area contributed by atoms with Crippen LogP contribution in [-0.4, -0.2) is 22.7 Å². The summed E-state index contributed by atoms with van der Waals surface area (Å²) < 4.78 is 0. The minimum absolute atomic E-state index is 0.209. The maximum absolute atomic E-state index is 9.76. The number of nitrogens with one attached hydrogen (secondary N) is 1. The summed E-state index contributed by atoms with van der Waals surface area (Å²) in [4.78, 5) is 5.98. The van der Waals surface area contributed by atoms with Gasteiger partial charge in [0.15, 0.2) is 0 Å². The molecule has 0 amide bonds. The second-order valence-corrected chi connectivity index (χ2v) is 6.07. The molecule has 2 rings (SSSR count). The van der Waals surface area contributed by atoms with Gasteiger partial charge in [-0.25, -0.2) is 4.98 Å². The molecule has 4 heteroatoms. The Labute approximate surface area is 107 Å². The van der Waals surface area contributed by atoms with Crippen molar-refractivity contribution in [2.75, 3.05) is 6.54 Å². The Balaban J connectivity index is 1.94. The van der Waals surface area contributed by atoms with Crippen LogP contribution in [0, 0.1) is 6.92 Å². The number of fused-ring (bicyclic) bond motifs is 1. The maximum atomic E-state index is 9.76.